The molecule has 0 saturated carbocycles. The van der Waals surface area contributed by atoms with Crippen LogP contribution >= 0.6 is 0 Å². The van der Waals surface area contributed by atoms with Crippen LogP contribution in [0.4, 0.5) is 4.79 Å². The SMILES string of the molecule is CC(NC1CCN(C(=O)N(C)C)CC1)c1ccco1. The fraction of sp³-hybridized carbons (Fsp3) is 0.643. The second-order valence-electron chi connectivity index (χ2n) is 5.34. The highest BCUT2D eigenvalue weighted by Crippen LogP contribution is 2.18. The van der Waals surface area contributed by atoms with Crippen molar-refractivity contribution in [2.45, 2.75) is 31.8 Å². The summed E-state index contributed by atoms with van der Waals surface area (Å²) in [5, 5.41) is 3.56. The maximum atomic E-state index is 11.8. The molecule has 1 aromatic heterocycles. The molecule has 2 heterocycles. The predicted octanol–water partition coefficient (Wildman–Crippen LogP) is 2.08. The van der Waals surface area contributed by atoms with Crippen LogP contribution in [-0.2, 0) is 0 Å². The highest BCUT2D eigenvalue weighted by atomic mass is 16.3. The van der Waals surface area contributed by atoms with E-state index in [1.165, 1.54) is 0 Å². The summed E-state index contributed by atoms with van der Waals surface area (Å²) in [5.41, 5.74) is 0. The van der Waals surface area contributed by atoms with Gasteiger partial charge in [-0.2, -0.15) is 0 Å². The molecule has 0 aliphatic carbocycles. The van der Waals surface area contributed by atoms with Gasteiger partial charge in [0.05, 0.1) is 12.3 Å². The van der Waals surface area contributed by atoms with Crippen molar-refractivity contribution in [3.8, 4) is 0 Å². The van der Waals surface area contributed by atoms with Crippen molar-refractivity contribution in [2.24, 2.45) is 0 Å². The zero-order chi connectivity index (χ0) is 13.8. The molecule has 0 spiro atoms. The predicted molar refractivity (Wildman–Crippen MR) is 73.9 cm³/mol. The fourth-order valence-electron chi connectivity index (χ4n) is 2.49. The Kier molecular flexibility index (Phi) is 4.47. The van der Waals surface area contributed by atoms with E-state index in [0.717, 1.165) is 31.7 Å². The molecule has 0 aromatic carbocycles. The Labute approximate surface area is 114 Å². The molecule has 1 N–H and O–H groups in total. The zero-order valence-corrected chi connectivity index (χ0v) is 11.9. The van der Waals surface area contributed by atoms with Crippen LogP contribution in [0.1, 0.15) is 31.6 Å². The van der Waals surface area contributed by atoms with Gasteiger partial charge >= 0.3 is 6.03 Å². The van der Waals surface area contributed by atoms with E-state index in [1.54, 1.807) is 25.3 Å². The topological polar surface area (TPSA) is 48.7 Å². The third kappa shape index (κ3) is 3.50. The first kappa shape index (κ1) is 13.9. The number of likely N-dealkylation sites (tertiary alicyclic amines) is 1. The first-order chi connectivity index (χ1) is 9.08. The first-order valence-electron chi connectivity index (χ1n) is 6.83. The highest BCUT2D eigenvalue weighted by molar-refractivity contribution is 5.73. The van der Waals surface area contributed by atoms with Crippen LogP contribution in [0.15, 0.2) is 22.8 Å². The number of nitrogens with one attached hydrogen (secondary N) is 1. The molecule has 1 saturated heterocycles. The summed E-state index contributed by atoms with van der Waals surface area (Å²) >= 11 is 0. The van der Waals surface area contributed by atoms with Crippen molar-refractivity contribution in [2.75, 3.05) is 27.2 Å². The number of carbonyl (C=O) groups is 1. The van der Waals surface area contributed by atoms with Gasteiger partial charge in [-0.15, -0.1) is 0 Å². The van der Waals surface area contributed by atoms with Crippen molar-refractivity contribution in [1.82, 2.24) is 15.1 Å². The molecule has 5 heteroatoms. The van der Waals surface area contributed by atoms with Gasteiger partial charge in [-0.3, -0.25) is 0 Å². The number of nitrogens with zero attached hydrogens (tertiary/aromatic N) is 2. The summed E-state index contributed by atoms with van der Waals surface area (Å²) in [6.45, 7) is 3.75. The third-order valence-electron chi connectivity index (χ3n) is 3.60. The second-order valence-corrected chi connectivity index (χ2v) is 5.34. The fourth-order valence-corrected chi connectivity index (χ4v) is 2.49. The maximum Gasteiger partial charge on any atom is 0.319 e. The number of rotatable bonds is 3. The van der Waals surface area contributed by atoms with Crippen molar-refractivity contribution < 1.29 is 9.21 Å². The number of amides is 2. The van der Waals surface area contributed by atoms with E-state index in [4.69, 9.17) is 4.42 Å². The normalized spacial score (nSPS) is 18.4. The monoisotopic (exact) mass is 265 g/mol. The quantitative estimate of drug-likeness (QED) is 0.910. The van der Waals surface area contributed by atoms with E-state index in [-0.39, 0.29) is 12.1 Å². The Bertz CT molecular complexity index is 395. The molecule has 106 valence electrons. The second kappa shape index (κ2) is 6.10. The number of hydrogen-bond acceptors (Lipinski definition) is 3. The van der Waals surface area contributed by atoms with Gasteiger partial charge in [0.15, 0.2) is 0 Å². The van der Waals surface area contributed by atoms with Crippen molar-refractivity contribution >= 4 is 6.03 Å². The number of carbonyl (C=O) groups excluding carboxylic acids is 1. The van der Waals surface area contributed by atoms with Crippen LogP contribution in [0.3, 0.4) is 0 Å². The van der Waals surface area contributed by atoms with Crippen LogP contribution in [0.5, 0.6) is 0 Å². The molecule has 19 heavy (non-hydrogen) atoms. The number of piperidine rings is 1. The lowest BCUT2D eigenvalue weighted by Gasteiger charge is -2.34. The summed E-state index contributed by atoms with van der Waals surface area (Å²) in [5.74, 6) is 0.965. The van der Waals surface area contributed by atoms with E-state index >= 15 is 0 Å². The summed E-state index contributed by atoms with van der Waals surface area (Å²) in [7, 11) is 3.59. The molecular weight excluding hydrogens is 242 g/mol. The minimum Gasteiger partial charge on any atom is -0.468 e. The van der Waals surface area contributed by atoms with Gasteiger partial charge in [-0.05, 0) is 31.9 Å². The van der Waals surface area contributed by atoms with Crippen LogP contribution in [-0.4, -0.2) is 49.1 Å². The Morgan fingerprint density at radius 2 is 2.16 bits per heavy atom. The highest BCUT2D eigenvalue weighted by Gasteiger charge is 2.24. The molecule has 1 aliphatic rings. The Balaban J connectivity index is 1.79. The Hall–Kier alpha value is -1.49. The average molecular weight is 265 g/mol. The lowest BCUT2D eigenvalue weighted by molar-refractivity contribution is 0.150. The van der Waals surface area contributed by atoms with Gasteiger partial charge in [0.2, 0.25) is 0 Å². The molecule has 5 nitrogen and oxygen atoms in total. The van der Waals surface area contributed by atoms with Crippen molar-refractivity contribution in [3.05, 3.63) is 24.2 Å². The first-order valence-corrected chi connectivity index (χ1v) is 6.83. The summed E-state index contributed by atoms with van der Waals surface area (Å²) in [6, 6.07) is 4.67. The Morgan fingerprint density at radius 3 is 2.68 bits per heavy atom. The largest absolute Gasteiger partial charge is 0.468 e. The van der Waals surface area contributed by atoms with E-state index in [0.29, 0.717) is 6.04 Å². The van der Waals surface area contributed by atoms with Gasteiger partial charge in [0.1, 0.15) is 5.76 Å². The number of furan rings is 1. The van der Waals surface area contributed by atoms with Crippen LogP contribution < -0.4 is 5.32 Å². The van der Waals surface area contributed by atoms with Gasteiger partial charge in [0, 0.05) is 33.2 Å². The third-order valence-corrected chi connectivity index (χ3v) is 3.60. The average Bonchev–Trinajstić information content (AvgIpc) is 2.92. The van der Waals surface area contributed by atoms with Crippen LogP contribution in [0.2, 0.25) is 0 Å². The molecule has 1 aliphatic heterocycles. The van der Waals surface area contributed by atoms with Crippen LogP contribution in [0, 0.1) is 0 Å². The molecule has 0 bridgehead atoms. The smallest absolute Gasteiger partial charge is 0.319 e. The molecule has 1 fully saturated rings. The lowest BCUT2D eigenvalue weighted by Crippen LogP contribution is -2.48. The molecule has 2 rings (SSSR count). The maximum absolute atomic E-state index is 11.8. The van der Waals surface area contributed by atoms with E-state index < -0.39 is 0 Å². The molecule has 1 unspecified atom stereocenters. The minimum atomic E-state index is 0.109. The standard InChI is InChI=1S/C14H23N3O2/c1-11(13-5-4-10-19-13)15-12-6-8-17(9-7-12)14(18)16(2)3/h4-5,10-12,15H,6-9H2,1-3H3. The van der Waals surface area contributed by atoms with E-state index in [9.17, 15) is 4.79 Å². The summed E-state index contributed by atoms with van der Waals surface area (Å²) in [4.78, 5) is 15.4. The minimum absolute atomic E-state index is 0.109. The van der Waals surface area contributed by atoms with Gasteiger partial charge in [-0.25, -0.2) is 4.79 Å². The van der Waals surface area contributed by atoms with E-state index in [2.05, 4.69) is 12.2 Å². The van der Waals surface area contributed by atoms with Crippen molar-refractivity contribution in [1.29, 1.82) is 0 Å². The lowest BCUT2D eigenvalue weighted by atomic mass is 10.0. The number of hydrogen-bond donors (Lipinski definition) is 1. The molecule has 1 aromatic rings. The number of urea groups is 1. The van der Waals surface area contributed by atoms with Gasteiger partial charge in [-0.1, -0.05) is 0 Å². The molecule has 0 radical (unpaired) electrons. The van der Waals surface area contributed by atoms with Gasteiger partial charge in [0.25, 0.3) is 0 Å². The molecule has 2 amide bonds. The van der Waals surface area contributed by atoms with Crippen LogP contribution in [0.25, 0.3) is 0 Å². The Morgan fingerprint density at radius 1 is 1.47 bits per heavy atom. The summed E-state index contributed by atoms with van der Waals surface area (Å²) < 4.78 is 5.39. The van der Waals surface area contributed by atoms with E-state index in [1.807, 2.05) is 17.0 Å². The molecule has 1 atom stereocenters. The van der Waals surface area contributed by atoms with Gasteiger partial charge < -0.3 is 19.5 Å². The molecular formula is C14H23N3O2. The summed E-state index contributed by atoms with van der Waals surface area (Å²) in [6.07, 6.45) is 3.68. The van der Waals surface area contributed by atoms with Crippen molar-refractivity contribution in [3.63, 3.8) is 0 Å². The zero-order valence-electron chi connectivity index (χ0n) is 11.9.